The van der Waals surface area contributed by atoms with Gasteiger partial charge in [-0.05, 0) is 66.2 Å². The fourth-order valence-electron chi connectivity index (χ4n) is 2.75. The quantitative estimate of drug-likeness (QED) is 0.446. The maximum Gasteiger partial charge on any atom is 0.258 e. The molecular weight excluding hydrogens is 378 g/mol. The lowest BCUT2D eigenvalue weighted by Gasteiger charge is -2.07. The average molecular weight is 394 g/mol. The number of methoxy groups -OCH3 is 1. The smallest absolute Gasteiger partial charge is 0.258 e. The fourth-order valence-corrected chi connectivity index (χ4v) is 2.75. The summed E-state index contributed by atoms with van der Waals surface area (Å²) in [6.07, 6.45) is 0. The molecule has 0 amide bonds. The first-order valence-corrected chi connectivity index (χ1v) is 8.77. The Kier molecular flexibility index (Phi) is 5.20. The molecule has 0 aliphatic rings. The highest BCUT2D eigenvalue weighted by molar-refractivity contribution is 5.60. The lowest BCUT2D eigenvalue weighted by atomic mass is 10.2. The highest BCUT2D eigenvalue weighted by atomic mass is 19.1. The summed E-state index contributed by atoms with van der Waals surface area (Å²) in [7, 11) is 1.60. The van der Waals surface area contributed by atoms with Gasteiger partial charge in [0, 0.05) is 17.2 Å². The number of hydrogen-bond donors (Lipinski definition) is 0. The van der Waals surface area contributed by atoms with Crippen LogP contribution in [0.3, 0.4) is 0 Å². The van der Waals surface area contributed by atoms with Crippen molar-refractivity contribution in [3.63, 3.8) is 0 Å². The summed E-state index contributed by atoms with van der Waals surface area (Å²) in [6, 6.07) is 17.6. The van der Waals surface area contributed by atoms with Crippen molar-refractivity contribution in [2.24, 2.45) is 0 Å². The van der Waals surface area contributed by atoms with Gasteiger partial charge in [0.15, 0.2) is 0 Å². The molecule has 0 aliphatic heterocycles. The van der Waals surface area contributed by atoms with Crippen LogP contribution in [0.25, 0.3) is 22.8 Å². The Hall–Kier alpha value is -3.74. The zero-order valence-corrected chi connectivity index (χ0v) is 15.4. The van der Waals surface area contributed by atoms with E-state index in [4.69, 9.17) is 14.0 Å². The minimum Gasteiger partial charge on any atom is -0.497 e. The Morgan fingerprint density at radius 2 is 1.45 bits per heavy atom. The molecule has 3 aromatic carbocycles. The van der Waals surface area contributed by atoms with E-state index in [-0.39, 0.29) is 6.61 Å². The van der Waals surface area contributed by atoms with Gasteiger partial charge in [-0.1, -0.05) is 5.16 Å². The minimum absolute atomic E-state index is 0.0534. The molecule has 1 heterocycles. The summed E-state index contributed by atoms with van der Waals surface area (Å²) in [5, 5.41) is 4.01. The second kappa shape index (κ2) is 8.10. The number of halogens is 2. The van der Waals surface area contributed by atoms with Gasteiger partial charge in [0.05, 0.1) is 7.11 Å². The van der Waals surface area contributed by atoms with Crippen LogP contribution in [0.15, 0.2) is 71.3 Å². The number of aromatic nitrogens is 2. The van der Waals surface area contributed by atoms with E-state index in [1.165, 1.54) is 12.1 Å². The Morgan fingerprint density at radius 3 is 2.10 bits per heavy atom. The molecule has 0 unspecified atom stereocenters. The van der Waals surface area contributed by atoms with Crippen LogP contribution in [-0.2, 0) is 6.61 Å². The molecule has 0 fully saturated rings. The first-order valence-electron chi connectivity index (χ1n) is 8.77. The second-order valence-corrected chi connectivity index (χ2v) is 6.24. The van der Waals surface area contributed by atoms with E-state index in [0.717, 1.165) is 22.9 Å². The van der Waals surface area contributed by atoms with Gasteiger partial charge < -0.3 is 14.0 Å². The van der Waals surface area contributed by atoms with Crippen molar-refractivity contribution in [3.8, 4) is 34.3 Å². The third-order valence-corrected chi connectivity index (χ3v) is 4.20. The Morgan fingerprint density at radius 1 is 0.828 bits per heavy atom. The van der Waals surface area contributed by atoms with Crippen LogP contribution in [0.2, 0.25) is 0 Å². The molecule has 0 radical (unpaired) electrons. The van der Waals surface area contributed by atoms with Crippen molar-refractivity contribution in [2.45, 2.75) is 6.61 Å². The SMILES string of the molecule is COc1ccc(-c2nc(-c3ccc(OCc4cc(F)cc(F)c4)cc3)no2)cc1. The highest BCUT2D eigenvalue weighted by Crippen LogP contribution is 2.25. The van der Waals surface area contributed by atoms with Crippen molar-refractivity contribution in [1.29, 1.82) is 0 Å². The largest absolute Gasteiger partial charge is 0.497 e. The van der Waals surface area contributed by atoms with E-state index >= 15 is 0 Å². The van der Waals surface area contributed by atoms with Crippen LogP contribution in [-0.4, -0.2) is 17.3 Å². The van der Waals surface area contributed by atoms with Crippen molar-refractivity contribution in [2.75, 3.05) is 7.11 Å². The average Bonchev–Trinajstić information content (AvgIpc) is 3.22. The van der Waals surface area contributed by atoms with Gasteiger partial charge in [-0.15, -0.1) is 0 Å². The van der Waals surface area contributed by atoms with Crippen LogP contribution in [0, 0.1) is 11.6 Å². The number of hydrogen-bond acceptors (Lipinski definition) is 5. The second-order valence-electron chi connectivity index (χ2n) is 6.24. The van der Waals surface area contributed by atoms with E-state index in [1.54, 1.807) is 31.4 Å². The lowest BCUT2D eigenvalue weighted by Crippen LogP contribution is -1.97. The summed E-state index contributed by atoms with van der Waals surface area (Å²) >= 11 is 0. The van der Waals surface area contributed by atoms with E-state index < -0.39 is 11.6 Å². The summed E-state index contributed by atoms with van der Waals surface area (Å²) in [4.78, 5) is 4.41. The molecule has 7 heteroatoms. The topological polar surface area (TPSA) is 57.4 Å². The molecule has 29 heavy (non-hydrogen) atoms. The number of rotatable bonds is 6. The number of benzene rings is 3. The number of nitrogens with zero attached hydrogens (tertiary/aromatic N) is 2. The van der Waals surface area contributed by atoms with Crippen LogP contribution in [0.5, 0.6) is 11.5 Å². The monoisotopic (exact) mass is 394 g/mol. The molecule has 0 atom stereocenters. The minimum atomic E-state index is -0.635. The predicted octanol–water partition coefficient (Wildman–Crippen LogP) is 5.27. The van der Waals surface area contributed by atoms with Crippen molar-refractivity contribution >= 4 is 0 Å². The number of ether oxygens (including phenoxy) is 2. The van der Waals surface area contributed by atoms with Crippen molar-refractivity contribution < 1.29 is 22.8 Å². The zero-order chi connectivity index (χ0) is 20.2. The molecule has 5 nitrogen and oxygen atoms in total. The normalized spacial score (nSPS) is 10.7. The van der Waals surface area contributed by atoms with Crippen LogP contribution >= 0.6 is 0 Å². The van der Waals surface area contributed by atoms with E-state index in [1.807, 2.05) is 24.3 Å². The van der Waals surface area contributed by atoms with Gasteiger partial charge in [0.1, 0.15) is 29.7 Å². The van der Waals surface area contributed by atoms with Crippen LogP contribution < -0.4 is 9.47 Å². The van der Waals surface area contributed by atoms with Crippen molar-refractivity contribution in [3.05, 3.63) is 83.9 Å². The van der Waals surface area contributed by atoms with Gasteiger partial charge in [-0.2, -0.15) is 4.98 Å². The standard InChI is InChI=1S/C22H16F2N2O3/c1-27-19-6-4-16(5-7-19)22-25-21(26-29-22)15-2-8-20(9-3-15)28-13-14-10-17(23)12-18(24)11-14/h2-12H,13H2,1H3. The molecule has 0 saturated carbocycles. The first kappa shape index (κ1) is 18.6. The third-order valence-electron chi connectivity index (χ3n) is 4.20. The molecule has 146 valence electrons. The molecule has 1 aromatic heterocycles. The summed E-state index contributed by atoms with van der Waals surface area (Å²) in [5.74, 6) is 0.862. The maximum atomic E-state index is 13.2. The van der Waals surface area contributed by atoms with Gasteiger partial charge >= 0.3 is 0 Å². The first-order chi connectivity index (χ1) is 14.1. The van der Waals surface area contributed by atoms with Crippen molar-refractivity contribution in [1.82, 2.24) is 10.1 Å². The summed E-state index contributed by atoms with van der Waals surface area (Å²) < 4.78 is 42.5. The van der Waals surface area contributed by atoms with Gasteiger partial charge in [-0.3, -0.25) is 0 Å². The predicted molar refractivity (Wildman–Crippen MR) is 102 cm³/mol. The lowest BCUT2D eigenvalue weighted by molar-refractivity contribution is 0.305. The van der Waals surface area contributed by atoms with E-state index in [9.17, 15) is 8.78 Å². The Balaban J connectivity index is 1.44. The molecule has 0 saturated heterocycles. The van der Waals surface area contributed by atoms with Gasteiger partial charge in [0.25, 0.3) is 5.89 Å². The van der Waals surface area contributed by atoms with Crippen LogP contribution in [0.1, 0.15) is 5.56 Å². The fraction of sp³-hybridized carbons (Fsp3) is 0.0909. The molecule has 4 rings (SSSR count). The molecule has 0 aliphatic carbocycles. The molecule has 4 aromatic rings. The Labute approximate surface area is 165 Å². The molecule has 0 bridgehead atoms. The maximum absolute atomic E-state index is 13.2. The van der Waals surface area contributed by atoms with Crippen LogP contribution in [0.4, 0.5) is 8.78 Å². The molecular formula is C22H16F2N2O3. The Bertz CT molecular complexity index is 1090. The highest BCUT2D eigenvalue weighted by Gasteiger charge is 2.11. The third kappa shape index (κ3) is 4.40. The van der Waals surface area contributed by atoms with E-state index in [2.05, 4.69) is 10.1 Å². The summed E-state index contributed by atoms with van der Waals surface area (Å²) in [5.41, 5.74) is 1.94. The molecule has 0 N–H and O–H groups in total. The van der Waals surface area contributed by atoms with Gasteiger partial charge in [-0.25, -0.2) is 8.78 Å². The van der Waals surface area contributed by atoms with E-state index in [0.29, 0.717) is 23.0 Å². The summed E-state index contributed by atoms with van der Waals surface area (Å²) in [6.45, 7) is 0.0534. The van der Waals surface area contributed by atoms with Gasteiger partial charge in [0.2, 0.25) is 5.82 Å². The zero-order valence-electron chi connectivity index (χ0n) is 15.4. The molecule has 0 spiro atoms.